The second-order valence-corrected chi connectivity index (χ2v) is 5.22. The van der Waals surface area contributed by atoms with Gasteiger partial charge in [0.25, 0.3) is 0 Å². The molecule has 4 N–H and O–H groups in total. The van der Waals surface area contributed by atoms with Gasteiger partial charge in [-0.25, -0.2) is 0 Å². The van der Waals surface area contributed by atoms with Crippen LogP contribution in [0.4, 0.5) is 5.69 Å². The van der Waals surface area contributed by atoms with E-state index in [9.17, 15) is 4.79 Å². The molecule has 0 unspecified atom stereocenters. The Kier molecular flexibility index (Phi) is 4.99. The highest BCUT2D eigenvalue weighted by Gasteiger charge is 2.11. The van der Waals surface area contributed by atoms with Crippen LogP contribution in [0.25, 0.3) is 0 Å². The smallest absolute Gasteiger partial charge is 0.224 e. The fourth-order valence-corrected chi connectivity index (χ4v) is 2.16. The monoisotopic (exact) mass is 351 g/mol. The molecule has 0 aliphatic heterocycles. The third kappa shape index (κ3) is 4.09. The molecule has 0 bridgehead atoms. The lowest BCUT2D eigenvalue weighted by molar-refractivity contribution is -0.116. The van der Waals surface area contributed by atoms with Crippen LogP contribution < -0.4 is 11.1 Å². The van der Waals surface area contributed by atoms with Gasteiger partial charge in [-0.1, -0.05) is 21.1 Å². The van der Waals surface area contributed by atoms with Gasteiger partial charge in [-0.05, 0) is 30.3 Å². The summed E-state index contributed by atoms with van der Waals surface area (Å²) in [4.78, 5) is 12.0. The molecule has 0 aliphatic carbocycles. The number of halogens is 1. The largest absolute Gasteiger partial charge is 0.469 e. The molecule has 0 saturated carbocycles. The summed E-state index contributed by atoms with van der Waals surface area (Å²) in [6.07, 6.45) is 2.35. The van der Waals surface area contributed by atoms with E-state index in [1.807, 2.05) is 6.07 Å². The maximum absolute atomic E-state index is 12.0. The maximum atomic E-state index is 12.0. The number of carbonyl (C=O) groups excluding carboxylic acids is 1. The lowest BCUT2D eigenvalue weighted by Gasteiger charge is -2.10. The molecule has 0 saturated heterocycles. The van der Waals surface area contributed by atoms with Gasteiger partial charge >= 0.3 is 0 Å². The van der Waals surface area contributed by atoms with E-state index >= 15 is 0 Å². The predicted octanol–water partition coefficient (Wildman–Crippen LogP) is 2.71. The van der Waals surface area contributed by atoms with Gasteiger partial charge in [0.1, 0.15) is 5.76 Å². The minimum absolute atomic E-state index is 0.0659. The Labute approximate surface area is 129 Å². The van der Waals surface area contributed by atoms with Gasteiger partial charge in [0, 0.05) is 22.9 Å². The number of nitrogens with two attached hydrogens (primary N) is 1. The Morgan fingerprint density at radius 2 is 2.24 bits per heavy atom. The van der Waals surface area contributed by atoms with Gasteiger partial charge in [0.2, 0.25) is 5.91 Å². The molecule has 110 valence electrons. The van der Waals surface area contributed by atoms with E-state index in [0.717, 1.165) is 10.2 Å². The number of anilines is 1. The Hall–Kier alpha value is -2.28. The Balaban J connectivity index is 2.07. The van der Waals surface area contributed by atoms with E-state index in [4.69, 9.17) is 15.4 Å². The van der Waals surface area contributed by atoms with Crippen molar-refractivity contribution in [1.82, 2.24) is 0 Å². The third-order valence-corrected chi connectivity index (χ3v) is 3.31. The highest BCUT2D eigenvalue weighted by atomic mass is 79.9. The van der Waals surface area contributed by atoms with E-state index in [1.165, 1.54) is 0 Å². The van der Waals surface area contributed by atoms with Gasteiger partial charge < -0.3 is 20.7 Å². The number of amides is 1. The van der Waals surface area contributed by atoms with Crippen LogP contribution in [0.3, 0.4) is 0 Å². The van der Waals surface area contributed by atoms with E-state index in [0.29, 0.717) is 17.7 Å². The zero-order valence-corrected chi connectivity index (χ0v) is 12.6. The lowest BCUT2D eigenvalue weighted by Crippen LogP contribution is -2.19. The molecule has 0 aliphatic rings. The molecule has 0 atom stereocenters. The molecule has 6 nitrogen and oxygen atoms in total. The van der Waals surface area contributed by atoms with Crippen molar-refractivity contribution >= 4 is 33.4 Å². The van der Waals surface area contributed by atoms with E-state index in [-0.39, 0.29) is 18.2 Å². The zero-order chi connectivity index (χ0) is 15.2. The Morgan fingerprint density at radius 1 is 1.43 bits per heavy atom. The number of hydrogen-bond donors (Lipinski definition) is 3. The van der Waals surface area contributed by atoms with Crippen LogP contribution in [0.2, 0.25) is 0 Å². The minimum Gasteiger partial charge on any atom is -0.469 e. The summed E-state index contributed by atoms with van der Waals surface area (Å²) >= 11 is 3.32. The van der Waals surface area contributed by atoms with Crippen molar-refractivity contribution in [3.63, 3.8) is 0 Å². The van der Waals surface area contributed by atoms with Crippen molar-refractivity contribution < 1.29 is 14.4 Å². The van der Waals surface area contributed by atoms with E-state index in [2.05, 4.69) is 26.4 Å². The van der Waals surface area contributed by atoms with Crippen LogP contribution in [-0.4, -0.2) is 17.0 Å². The first-order valence-corrected chi connectivity index (χ1v) is 6.99. The van der Waals surface area contributed by atoms with Crippen molar-refractivity contribution in [1.29, 1.82) is 0 Å². The molecular weight excluding hydrogens is 338 g/mol. The minimum atomic E-state index is -0.184. The van der Waals surface area contributed by atoms with Gasteiger partial charge in [0.05, 0.1) is 12.0 Å². The molecule has 21 heavy (non-hydrogen) atoms. The number of rotatable bonds is 5. The summed E-state index contributed by atoms with van der Waals surface area (Å²) in [5.41, 5.74) is 6.52. The van der Waals surface area contributed by atoms with Gasteiger partial charge in [-0.15, -0.1) is 0 Å². The fraction of sp³-hybridized carbons (Fsp3) is 0.143. The molecule has 0 fully saturated rings. The number of nitrogens with zero attached hydrogens (tertiary/aromatic N) is 1. The molecule has 1 aromatic carbocycles. The van der Waals surface area contributed by atoms with Gasteiger partial charge in [0.15, 0.2) is 5.84 Å². The van der Waals surface area contributed by atoms with Crippen molar-refractivity contribution in [3.05, 3.63) is 52.4 Å². The standard InChI is InChI=1S/C14H14BrN3O3/c15-9-3-5-11(14(16)18-20)12(8-9)17-13(19)6-4-10-2-1-7-21-10/h1-3,5,7-8,20H,4,6H2,(H2,16,18)(H,17,19). The molecule has 1 aromatic heterocycles. The average molecular weight is 352 g/mol. The van der Waals surface area contributed by atoms with Crippen molar-refractivity contribution in [2.75, 3.05) is 5.32 Å². The summed E-state index contributed by atoms with van der Waals surface area (Å²) in [6.45, 7) is 0. The summed E-state index contributed by atoms with van der Waals surface area (Å²) in [7, 11) is 0. The predicted molar refractivity (Wildman–Crippen MR) is 82.3 cm³/mol. The normalized spacial score (nSPS) is 11.4. The zero-order valence-electron chi connectivity index (χ0n) is 11.0. The maximum Gasteiger partial charge on any atom is 0.224 e. The number of amidine groups is 1. The molecule has 2 rings (SSSR count). The van der Waals surface area contributed by atoms with Crippen molar-refractivity contribution in [3.8, 4) is 0 Å². The summed E-state index contributed by atoms with van der Waals surface area (Å²) < 4.78 is 5.95. The first kappa shape index (κ1) is 15.1. The van der Waals surface area contributed by atoms with Crippen LogP contribution in [-0.2, 0) is 11.2 Å². The number of oxime groups is 1. The van der Waals surface area contributed by atoms with Crippen LogP contribution in [0.1, 0.15) is 17.7 Å². The molecule has 0 radical (unpaired) electrons. The number of benzene rings is 1. The quantitative estimate of drug-likeness (QED) is 0.333. The first-order valence-electron chi connectivity index (χ1n) is 6.20. The fourth-order valence-electron chi connectivity index (χ4n) is 1.80. The highest BCUT2D eigenvalue weighted by Crippen LogP contribution is 2.21. The van der Waals surface area contributed by atoms with Crippen LogP contribution >= 0.6 is 15.9 Å². The van der Waals surface area contributed by atoms with Crippen LogP contribution in [0.15, 0.2) is 50.6 Å². The van der Waals surface area contributed by atoms with Gasteiger partial charge in [-0.2, -0.15) is 0 Å². The molecule has 7 heteroatoms. The SMILES string of the molecule is N/C(=N/O)c1ccc(Br)cc1NC(=O)CCc1ccco1. The average Bonchev–Trinajstić information content (AvgIpc) is 2.98. The topological polar surface area (TPSA) is 101 Å². The number of hydrogen-bond acceptors (Lipinski definition) is 4. The van der Waals surface area contributed by atoms with Gasteiger partial charge in [-0.3, -0.25) is 4.79 Å². The highest BCUT2D eigenvalue weighted by molar-refractivity contribution is 9.10. The van der Waals surface area contributed by atoms with E-state index < -0.39 is 0 Å². The van der Waals surface area contributed by atoms with Crippen LogP contribution in [0.5, 0.6) is 0 Å². The van der Waals surface area contributed by atoms with Crippen molar-refractivity contribution in [2.24, 2.45) is 10.9 Å². The summed E-state index contributed by atoms with van der Waals surface area (Å²) in [6, 6.07) is 8.68. The molecule has 2 aromatic rings. The number of nitrogens with one attached hydrogen (secondary N) is 1. The summed E-state index contributed by atoms with van der Waals surface area (Å²) in [5.74, 6) is 0.497. The molecule has 1 amide bonds. The third-order valence-electron chi connectivity index (χ3n) is 2.82. The second kappa shape index (κ2) is 6.94. The van der Waals surface area contributed by atoms with E-state index in [1.54, 1.807) is 30.5 Å². The number of furan rings is 1. The second-order valence-electron chi connectivity index (χ2n) is 4.30. The molecule has 1 heterocycles. The van der Waals surface area contributed by atoms with Crippen molar-refractivity contribution in [2.45, 2.75) is 12.8 Å². The number of carbonyl (C=O) groups is 1. The number of aryl methyl sites for hydroxylation is 1. The summed E-state index contributed by atoms with van der Waals surface area (Å²) in [5, 5.41) is 14.5. The van der Waals surface area contributed by atoms with Crippen LogP contribution in [0, 0.1) is 0 Å². The molecular formula is C14H14BrN3O3. The Bertz CT molecular complexity index is 653. The Morgan fingerprint density at radius 3 is 2.90 bits per heavy atom. The molecule has 0 spiro atoms. The first-order chi connectivity index (χ1) is 10.1. The lowest BCUT2D eigenvalue weighted by atomic mass is 10.1.